The first-order chi connectivity index (χ1) is 9.00. The number of ketones is 1. The van der Waals surface area contributed by atoms with Gasteiger partial charge in [-0.05, 0) is 24.3 Å². The molecule has 0 bridgehead atoms. The molecule has 0 aromatic heterocycles. The number of ether oxygens (including phenoxy) is 1. The van der Waals surface area contributed by atoms with Gasteiger partial charge < -0.3 is 4.74 Å². The summed E-state index contributed by atoms with van der Waals surface area (Å²) < 4.78 is 30.2. The van der Waals surface area contributed by atoms with Crippen molar-refractivity contribution in [3.05, 3.63) is 67.0 Å². The van der Waals surface area contributed by atoms with Crippen LogP contribution in [-0.2, 0) is 4.79 Å². The van der Waals surface area contributed by atoms with Gasteiger partial charge in [-0.2, -0.15) is 8.78 Å². The predicted molar refractivity (Wildman–Crippen MR) is 70.1 cm³/mol. The highest BCUT2D eigenvalue weighted by atomic mass is 19.3. The minimum atomic E-state index is -3.32. The summed E-state index contributed by atoms with van der Waals surface area (Å²) in [5, 5.41) is 0. The topological polar surface area (TPSA) is 26.3 Å². The molecule has 100 valence electrons. The van der Waals surface area contributed by atoms with Crippen LogP contribution in [0.3, 0.4) is 0 Å². The van der Waals surface area contributed by atoms with E-state index < -0.39 is 11.7 Å². The molecular weight excluding hydrogens is 250 g/mol. The normalized spacial score (nSPS) is 12.6. The van der Waals surface area contributed by atoms with E-state index in [4.69, 9.17) is 4.74 Å². The Morgan fingerprint density at radius 3 is 2.37 bits per heavy atom. The van der Waals surface area contributed by atoms with Gasteiger partial charge in [0.05, 0.1) is 6.26 Å². The summed E-state index contributed by atoms with van der Waals surface area (Å²) in [6.45, 7) is 0.566. The number of carbonyl (C=O) groups is 1. The molecule has 0 aliphatic rings. The molecule has 2 nitrogen and oxygen atoms in total. The zero-order chi connectivity index (χ0) is 14.1. The SMILES string of the molecule is CC(F)(F)C(=O)/C=C/C=C/C=C/Oc1ccccc1. The molecule has 0 saturated heterocycles. The van der Waals surface area contributed by atoms with Crippen LogP contribution < -0.4 is 4.74 Å². The highest BCUT2D eigenvalue weighted by molar-refractivity contribution is 5.95. The molecule has 0 atom stereocenters. The summed E-state index contributed by atoms with van der Waals surface area (Å²) >= 11 is 0. The van der Waals surface area contributed by atoms with Crippen LogP contribution in [-0.4, -0.2) is 11.7 Å². The molecule has 0 spiro atoms. The first-order valence-corrected chi connectivity index (χ1v) is 5.64. The fourth-order valence-corrected chi connectivity index (χ4v) is 1.08. The zero-order valence-corrected chi connectivity index (χ0v) is 10.4. The highest BCUT2D eigenvalue weighted by Gasteiger charge is 2.29. The number of rotatable bonds is 6. The van der Waals surface area contributed by atoms with Gasteiger partial charge in [-0.25, -0.2) is 0 Å². The van der Waals surface area contributed by atoms with Crippen LogP contribution in [0.4, 0.5) is 8.78 Å². The van der Waals surface area contributed by atoms with Gasteiger partial charge >= 0.3 is 5.92 Å². The first kappa shape index (κ1) is 14.8. The van der Waals surface area contributed by atoms with E-state index in [-0.39, 0.29) is 0 Å². The van der Waals surface area contributed by atoms with Crippen LogP contribution in [0.5, 0.6) is 5.75 Å². The number of carbonyl (C=O) groups excluding carboxylic acids is 1. The van der Waals surface area contributed by atoms with Crippen LogP contribution in [0.15, 0.2) is 67.0 Å². The Balaban J connectivity index is 2.35. The minimum absolute atomic E-state index is 0.566. The van der Waals surface area contributed by atoms with E-state index in [1.165, 1.54) is 18.4 Å². The molecule has 0 fully saturated rings. The van der Waals surface area contributed by atoms with E-state index in [9.17, 15) is 13.6 Å². The number of alkyl halides is 2. The van der Waals surface area contributed by atoms with Crippen LogP contribution in [0.2, 0.25) is 0 Å². The van der Waals surface area contributed by atoms with E-state index in [2.05, 4.69) is 0 Å². The predicted octanol–water partition coefficient (Wildman–Crippen LogP) is 3.92. The van der Waals surface area contributed by atoms with E-state index >= 15 is 0 Å². The van der Waals surface area contributed by atoms with Crippen LogP contribution in [0, 0.1) is 0 Å². The molecule has 0 unspecified atom stereocenters. The Kier molecular flexibility index (Phi) is 5.67. The van der Waals surface area contributed by atoms with Crippen LogP contribution in [0.1, 0.15) is 6.92 Å². The number of halogens is 2. The molecule has 0 aliphatic carbocycles. The average molecular weight is 264 g/mol. The van der Waals surface area contributed by atoms with E-state index in [0.717, 1.165) is 6.08 Å². The molecule has 1 aromatic carbocycles. The van der Waals surface area contributed by atoms with Crippen molar-refractivity contribution in [2.75, 3.05) is 0 Å². The van der Waals surface area contributed by atoms with E-state index in [1.54, 1.807) is 24.3 Å². The Morgan fingerprint density at radius 1 is 1.11 bits per heavy atom. The monoisotopic (exact) mass is 264 g/mol. The second-order valence-corrected chi connectivity index (χ2v) is 3.76. The zero-order valence-electron chi connectivity index (χ0n) is 10.4. The van der Waals surface area contributed by atoms with Crippen molar-refractivity contribution in [1.29, 1.82) is 0 Å². The Labute approximate surface area is 110 Å². The number of benzene rings is 1. The lowest BCUT2D eigenvalue weighted by Gasteiger charge is -2.02. The van der Waals surface area contributed by atoms with Crippen molar-refractivity contribution in [3.8, 4) is 5.75 Å². The number of hydrogen-bond donors (Lipinski definition) is 0. The van der Waals surface area contributed by atoms with Crippen molar-refractivity contribution in [3.63, 3.8) is 0 Å². The van der Waals surface area contributed by atoms with E-state index in [1.807, 2.05) is 18.2 Å². The van der Waals surface area contributed by atoms with Gasteiger partial charge in [0.2, 0.25) is 5.78 Å². The van der Waals surface area contributed by atoms with Crippen LogP contribution >= 0.6 is 0 Å². The molecule has 4 heteroatoms. The third-order valence-electron chi connectivity index (χ3n) is 2.04. The van der Waals surface area contributed by atoms with Crippen molar-refractivity contribution >= 4 is 5.78 Å². The Morgan fingerprint density at radius 2 is 1.74 bits per heavy atom. The summed E-state index contributed by atoms with van der Waals surface area (Å²) in [5.74, 6) is -3.85. The number of allylic oxidation sites excluding steroid dienone is 5. The lowest BCUT2D eigenvalue weighted by Crippen LogP contribution is -2.21. The molecule has 0 radical (unpaired) electrons. The lowest BCUT2D eigenvalue weighted by atomic mass is 10.2. The highest BCUT2D eigenvalue weighted by Crippen LogP contribution is 2.13. The van der Waals surface area contributed by atoms with Crippen molar-refractivity contribution in [1.82, 2.24) is 0 Å². The third-order valence-corrected chi connectivity index (χ3v) is 2.04. The number of hydrogen-bond acceptors (Lipinski definition) is 2. The van der Waals surface area contributed by atoms with E-state index in [0.29, 0.717) is 12.7 Å². The van der Waals surface area contributed by atoms with Gasteiger partial charge in [0, 0.05) is 6.92 Å². The molecule has 0 N–H and O–H groups in total. The Bertz CT molecular complexity index is 483. The van der Waals surface area contributed by atoms with Crippen molar-refractivity contribution in [2.45, 2.75) is 12.8 Å². The summed E-state index contributed by atoms with van der Waals surface area (Å²) in [6.07, 6.45) is 8.17. The maximum absolute atomic E-state index is 12.5. The molecule has 1 rings (SSSR count). The quantitative estimate of drug-likeness (QED) is 0.442. The summed E-state index contributed by atoms with van der Waals surface area (Å²) in [5.41, 5.74) is 0. The standard InChI is InChI=1S/C15H14F2O2/c1-15(16,17)14(18)11-7-2-3-8-12-19-13-9-5-4-6-10-13/h2-12H,1H3/b3-2+,11-7+,12-8+. The molecule has 0 heterocycles. The molecule has 19 heavy (non-hydrogen) atoms. The van der Waals surface area contributed by atoms with Crippen molar-refractivity contribution < 1.29 is 18.3 Å². The maximum Gasteiger partial charge on any atom is 0.306 e. The Hall–Kier alpha value is -2.23. The van der Waals surface area contributed by atoms with Crippen LogP contribution in [0.25, 0.3) is 0 Å². The molecule has 1 aromatic rings. The minimum Gasteiger partial charge on any atom is -0.465 e. The van der Waals surface area contributed by atoms with Crippen molar-refractivity contribution in [2.24, 2.45) is 0 Å². The second-order valence-electron chi connectivity index (χ2n) is 3.76. The fourth-order valence-electron chi connectivity index (χ4n) is 1.08. The summed E-state index contributed by atoms with van der Waals surface area (Å²) in [6, 6.07) is 9.17. The average Bonchev–Trinajstić information content (AvgIpc) is 2.37. The van der Waals surface area contributed by atoms with Gasteiger partial charge in [0.15, 0.2) is 0 Å². The lowest BCUT2D eigenvalue weighted by molar-refractivity contribution is -0.135. The van der Waals surface area contributed by atoms with Gasteiger partial charge in [0.25, 0.3) is 0 Å². The third kappa shape index (κ3) is 6.31. The molecule has 0 aliphatic heterocycles. The molecule has 0 saturated carbocycles. The molecule has 0 amide bonds. The fraction of sp³-hybridized carbons (Fsp3) is 0.133. The van der Waals surface area contributed by atoms with Gasteiger partial charge in [-0.15, -0.1) is 0 Å². The van der Waals surface area contributed by atoms with Gasteiger partial charge in [0.1, 0.15) is 5.75 Å². The first-order valence-electron chi connectivity index (χ1n) is 5.64. The smallest absolute Gasteiger partial charge is 0.306 e. The molecular formula is C15H14F2O2. The van der Waals surface area contributed by atoms with Gasteiger partial charge in [-0.1, -0.05) is 36.4 Å². The number of para-hydroxylation sites is 1. The van der Waals surface area contributed by atoms with Gasteiger partial charge in [-0.3, -0.25) is 4.79 Å². The summed E-state index contributed by atoms with van der Waals surface area (Å²) in [7, 11) is 0. The second kappa shape index (κ2) is 7.26. The summed E-state index contributed by atoms with van der Waals surface area (Å²) in [4.78, 5) is 10.8. The maximum atomic E-state index is 12.5. The largest absolute Gasteiger partial charge is 0.465 e.